The zero-order chi connectivity index (χ0) is 31.1. The van der Waals surface area contributed by atoms with Gasteiger partial charge in [-0.3, -0.25) is 14.4 Å². The van der Waals surface area contributed by atoms with Crippen molar-refractivity contribution < 1.29 is 24.0 Å². The second-order valence-corrected chi connectivity index (χ2v) is 11.5. The van der Waals surface area contributed by atoms with Crippen LogP contribution in [0.2, 0.25) is 0 Å². The van der Waals surface area contributed by atoms with Gasteiger partial charge in [-0.05, 0) is 55.6 Å². The lowest BCUT2D eigenvalue weighted by atomic mass is 10.0. The van der Waals surface area contributed by atoms with Crippen LogP contribution >= 0.6 is 0 Å². The van der Waals surface area contributed by atoms with Crippen LogP contribution in [0.3, 0.4) is 0 Å². The van der Waals surface area contributed by atoms with Crippen LogP contribution in [0.15, 0.2) is 73.1 Å². The number of rotatable bonds is 15. The van der Waals surface area contributed by atoms with E-state index in [0.29, 0.717) is 38.7 Å². The molecule has 2 heterocycles. The van der Waals surface area contributed by atoms with Gasteiger partial charge in [0.25, 0.3) is 11.8 Å². The maximum absolute atomic E-state index is 14.1. The van der Waals surface area contributed by atoms with E-state index < -0.39 is 24.1 Å². The van der Waals surface area contributed by atoms with E-state index in [9.17, 15) is 14.4 Å². The van der Waals surface area contributed by atoms with Gasteiger partial charge < -0.3 is 4.74 Å². The first-order chi connectivity index (χ1) is 21.4. The van der Waals surface area contributed by atoms with Gasteiger partial charge in [-0.2, -0.15) is 0 Å². The molecule has 1 aliphatic rings. The minimum Gasteiger partial charge on any atom is -0.350 e. The SMILES string of the molecule is CC(C)CCC(=O)N(C(CCCc1ccccc1)C(=O)NO[C@H]1CCCCO1)N(Cc1ccccc1)C(=O)Cn1ccnn1. The van der Waals surface area contributed by atoms with Gasteiger partial charge in [0, 0.05) is 25.6 Å². The summed E-state index contributed by atoms with van der Waals surface area (Å²) in [6, 6.07) is 18.4. The number of amides is 3. The average Bonchev–Trinajstić information content (AvgIpc) is 3.56. The molecule has 11 nitrogen and oxygen atoms in total. The van der Waals surface area contributed by atoms with E-state index in [-0.39, 0.29) is 31.3 Å². The standard InChI is InChI=1S/C33H44N6O5/c1-26(2)19-20-30(40)39(38(24-28-14-7-4-8-15-28)31(41)25-37-22-21-34-36-37)29(17-11-16-27-12-5-3-6-13-27)33(42)35-44-32-18-9-10-23-43-32/h3-8,12-15,21-22,26,29,32H,9-11,16-20,23-25H2,1-2H3,(H,35,42)/t29?,32-/m0/s1. The first-order valence-electron chi connectivity index (χ1n) is 15.5. The monoisotopic (exact) mass is 604 g/mol. The first kappa shape index (κ1) is 32.8. The molecule has 0 saturated carbocycles. The number of aromatic nitrogens is 3. The highest BCUT2D eigenvalue weighted by atomic mass is 16.8. The molecule has 1 fully saturated rings. The molecular formula is C33H44N6O5. The molecular weight excluding hydrogens is 560 g/mol. The fourth-order valence-electron chi connectivity index (χ4n) is 5.09. The lowest BCUT2D eigenvalue weighted by Gasteiger charge is -2.40. The molecule has 44 heavy (non-hydrogen) atoms. The van der Waals surface area contributed by atoms with Crippen molar-refractivity contribution in [1.82, 2.24) is 30.5 Å². The second-order valence-electron chi connectivity index (χ2n) is 11.5. The first-order valence-corrected chi connectivity index (χ1v) is 15.5. The third kappa shape index (κ3) is 10.3. The molecule has 0 spiro atoms. The van der Waals surface area contributed by atoms with Gasteiger partial charge in [-0.15, -0.1) is 5.10 Å². The molecule has 1 aliphatic heterocycles. The van der Waals surface area contributed by atoms with Gasteiger partial charge >= 0.3 is 0 Å². The van der Waals surface area contributed by atoms with Crippen LogP contribution in [0.1, 0.15) is 69.9 Å². The summed E-state index contributed by atoms with van der Waals surface area (Å²) in [4.78, 5) is 47.7. The topological polar surface area (TPSA) is 119 Å². The van der Waals surface area contributed by atoms with Crippen molar-refractivity contribution in [3.8, 4) is 0 Å². The van der Waals surface area contributed by atoms with Crippen LogP contribution in [0.25, 0.3) is 0 Å². The van der Waals surface area contributed by atoms with Gasteiger partial charge in [0.15, 0.2) is 6.29 Å². The van der Waals surface area contributed by atoms with Crippen molar-refractivity contribution >= 4 is 17.7 Å². The highest BCUT2D eigenvalue weighted by molar-refractivity contribution is 5.89. The minimum absolute atomic E-state index is 0.0941. The van der Waals surface area contributed by atoms with Crippen molar-refractivity contribution in [1.29, 1.82) is 0 Å². The number of nitrogens with zero attached hydrogens (tertiary/aromatic N) is 5. The number of carbonyl (C=O) groups is 3. The molecule has 1 saturated heterocycles. The number of hydrogen-bond acceptors (Lipinski definition) is 7. The molecule has 0 radical (unpaired) electrons. The molecule has 3 aromatic rings. The smallest absolute Gasteiger partial charge is 0.268 e. The Morgan fingerprint density at radius 3 is 2.36 bits per heavy atom. The van der Waals surface area contributed by atoms with E-state index in [4.69, 9.17) is 9.57 Å². The summed E-state index contributed by atoms with van der Waals surface area (Å²) < 4.78 is 7.05. The minimum atomic E-state index is -1.01. The Labute approximate surface area is 259 Å². The summed E-state index contributed by atoms with van der Waals surface area (Å²) in [6.07, 6.45) is 7.46. The van der Waals surface area contributed by atoms with E-state index in [0.717, 1.165) is 24.0 Å². The van der Waals surface area contributed by atoms with Crippen LogP contribution in [0.4, 0.5) is 0 Å². The molecule has 2 atom stereocenters. The molecule has 4 rings (SSSR count). The number of hydrogen-bond donors (Lipinski definition) is 1. The van der Waals surface area contributed by atoms with Gasteiger partial charge in [0.05, 0.1) is 12.7 Å². The zero-order valence-corrected chi connectivity index (χ0v) is 25.7. The lowest BCUT2D eigenvalue weighted by molar-refractivity contribution is -0.206. The maximum atomic E-state index is 14.1. The average molecular weight is 605 g/mol. The normalized spacial score (nSPS) is 15.5. The molecule has 1 unspecified atom stereocenters. The van der Waals surface area contributed by atoms with E-state index in [1.807, 2.05) is 74.5 Å². The molecule has 0 aliphatic carbocycles. The molecule has 2 aromatic carbocycles. The maximum Gasteiger partial charge on any atom is 0.268 e. The lowest BCUT2D eigenvalue weighted by Crippen LogP contribution is -2.59. The van der Waals surface area contributed by atoms with Crippen molar-refractivity contribution in [2.24, 2.45) is 5.92 Å². The third-order valence-electron chi connectivity index (χ3n) is 7.50. The Kier molecular flexibility index (Phi) is 12.9. The van der Waals surface area contributed by atoms with Crippen molar-refractivity contribution in [2.45, 2.75) is 90.6 Å². The summed E-state index contributed by atoms with van der Waals surface area (Å²) in [5, 5.41) is 10.5. The van der Waals surface area contributed by atoms with Crippen LogP contribution < -0.4 is 5.48 Å². The van der Waals surface area contributed by atoms with Crippen molar-refractivity contribution in [3.63, 3.8) is 0 Å². The van der Waals surface area contributed by atoms with E-state index >= 15 is 0 Å². The molecule has 236 valence electrons. The number of hydroxylamine groups is 1. The predicted octanol–water partition coefficient (Wildman–Crippen LogP) is 4.45. The Balaban J connectivity index is 1.66. The van der Waals surface area contributed by atoms with E-state index in [1.165, 1.54) is 20.9 Å². The van der Waals surface area contributed by atoms with Crippen LogP contribution in [0.5, 0.6) is 0 Å². The van der Waals surface area contributed by atoms with Gasteiger partial charge in [0.2, 0.25) is 5.91 Å². The molecule has 3 amide bonds. The molecule has 0 bridgehead atoms. The zero-order valence-electron chi connectivity index (χ0n) is 25.7. The Hall–Kier alpha value is -4.09. The third-order valence-corrected chi connectivity index (χ3v) is 7.50. The van der Waals surface area contributed by atoms with E-state index in [1.54, 1.807) is 6.20 Å². The molecule has 1 N–H and O–H groups in total. The molecule has 1 aromatic heterocycles. The summed E-state index contributed by atoms with van der Waals surface area (Å²) in [5.41, 5.74) is 4.52. The fourth-order valence-corrected chi connectivity index (χ4v) is 5.09. The van der Waals surface area contributed by atoms with Gasteiger partial charge in [0.1, 0.15) is 12.6 Å². The quantitative estimate of drug-likeness (QED) is 0.255. The number of benzene rings is 2. The summed E-state index contributed by atoms with van der Waals surface area (Å²) in [7, 11) is 0. The summed E-state index contributed by atoms with van der Waals surface area (Å²) in [6.45, 7) is 4.58. The predicted molar refractivity (Wildman–Crippen MR) is 164 cm³/mol. The number of carbonyl (C=O) groups excluding carboxylic acids is 3. The largest absolute Gasteiger partial charge is 0.350 e. The summed E-state index contributed by atoms with van der Waals surface area (Å²) >= 11 is 0. The molecule has 11 heteroatoms. The number of ether oxygens (including phenoxy) is 1. The fraction of sp³-hybridized carbons (Fsp3) is 0.485. The van der Waals surface area contributed by atoms with Gasteiger partial charge in [-0.25, -0.2) is 25.0 Å². The number of nitrogens with one attached hydrogen (secondary N) is 1. The highest BCUT2D eigenvalue weighted by Gasteiger charge is 2.37. The van der Waals surface area contributed by atoms with E-state index in [2.05, 4.69) is 15.8 Å². The number of aryl methyl sites for hydroxylation is 1. The highest BCUT2D eigenvalue weighted by Crippen LogP contribution is 2.21. The van der Waals surface area contributed by atoms with Crippen molar-refractivity contribution in [2.75, 3.05) is 6.61 Å². The summed E-state index contributed by atoms with van der Waals surface area (Å²) in [5.74, 6) is -0.951. The Bertz CT molecular complexity index is 1280. The number of hydrazine groups is 1. The Morgan fingerprint density at radius 2 is 1.73 bits per heavy atom. The second kappa shape index (κ2) is 17.3. The van der Waals surface area contributed by atoms with Crippen LogP contribution in [-0.2, 0) is 43.5 Å². The van der Waals surface area contributed by atoms with Gasteiger partial charge in [-0.1, -0.05) is 79.7 Å². The van der Waals surface area contributed by atoms with Crippen LogP contribution in [-0.4, -0.2) is 61.7 Å². The van der Waals surface area contributed by atoms with Crippen molar-refractivity contribution in [3.05, 3.63) is 84.2 Å². The Morgan fingerprint density at radius 1 is 1.00 bits per heavy atom. The van der Waals surface area contributed by atoms with Crippen LogP contribution in [0, 0.1) is 5.92 Å².